The van der Waals surface area contributed by atoms with Gasteiger partial charge in [0.25, 0.3) is 0 Å². The summed E-state index contributed by atoms with van der Waals surface area (Å²) in [4.78, 5) is 11.3. The van der Waals surface area contributed by atoms with E-state index in [4.69, 9.17) is 12.2 Å². The van der Waals surface area contributed by atoms with Crippen LogP contribution in [0.3, 0.4) is 0 Å². The number of pyridine rings is 2. The maximum Gasteiger partial charge on any atom is 0.169 e. The van der Waals surface area contributed by atoms with E-state index in [0.29, 0.717) is 0 Å². The quantitative estimate of drug-likeness (QED) is 0.704. The Morgan fingerprint density at radius 3 is 2.52 bits per heavy atom. The fraction of sp³-hybridized carbons (Fsp3) is 0.286. The number of thiocarbonyl (C=S) groups is 1. The molecule has 1 fully saturated rings. The van der Waals surface area contributed by atoms with Gasteiger partial charge in [-0.3, -0.25) is 4.98 Å². The maximum atomic E-state index is 5.56. The molecule has 4 heterocycles. The Labute approximate surface area is 165 Å². The third-order valence-corrected chi connectivity index (χ3v) is 5.73. The molecule has 0 radical (unpaired) electrons. The SMILES string of the molecule is Cc1cccnc1-n1c(C)cc([C@@H]2[C@@H](c3ccccn3)NC(=S)N2C)c1C. The van der Waals surface area contributed by atoms with Crippen LogP contribution in [0.2, 0.25) is 0 Å². The van der Waals surface area contributed by atoms with Crippen molar-refractivity contribution in [2.75, 3.05) is 7.05 Å². The first-order valence-corrected chi connectivity index (χ1v) is 9.45. The highest BCUT2D eigenvalue weighted by Crippen LogP contribution is 2.40. The van der Waals surface area contributed by atoms with Crippen LogP contribution in [0.4, 0.5) is 0 Å². The molecule has 3 aromatic rings. The molecule has 0 saturated carbocycles. The standard InChI is InChI=1S/C21H23N5S/c1-13-8-7-11-23-20(13)26-14(2)12-16(15(26)3)19-18(24-21(27)25(19)4)17-9-5-6-10-22-17/h5-12,18-19H,1-4H3,(H,24,27)/t18-,19-/m1/s1. The van der Waals surface area contributed by atoms with Gasteiger partial charge in [-0.05, 0) is 68.4 Å². The Morgan fingerprint density at radius 2 is 1.81 bits per heavy atom. The molecule has 138 valence electrons. The van der Waals surface area contributed by atoms with E-state index < -0.39 is 0 Å². The molecule has 1 aliphatic rings. The summed E-state index contributed by atoms with van der Waals surface area (Å²) in [5.41, 5.74) is 5.73. The first-order chi connectivity index (χ1) is 13.0. The van der Waals surface area contributed by atoms with Crippen molar-refractivity contribution in [2.24, 2.45) is 0 Å². The minimum Gasteiger partial charge on any atom is -0.352 e. The summed E-state index contributed by atoms with van der Waals surface area (Å²) in [7, 11) is 2.04. The number of aromatic nitrogens is 3. The Kier molecular flexibility index (Phi) is 4.44. The molecule has 3 aromatic heterocycles. The van der Waals surface area contributed by atoms with E-state index in [1.807, 2.05) is 37.6 Å². The number of nitrogens with zero attached hydrogens (tertiary/aromatic N) is 4. The highest BCUT2D eigenvalue weighted by Gasteiger charge is 2.39. The lowest BCUT2D eigenvalue weighted by Gasteiger charge is -2.24. The Hall–Kier alpha value is -2.73. The van der Waals surface area contributed by atoms with Gasteiger partial charge < -0.3 is 14.8 Å². The predicted molar refractivity (Wildman–Crippen MR) is 111 cm³/mol. The Balaban J connectivity index is 1.84. The Morgan fingerprint density at radius 1 is 1.04 bits per heavy atom. The minimum absolute atomic E-state index is 0.0162. The van der Waals surface area contributed by atoms with Crippen molar-refractivity contribution in [1.29, 1.82) is 0 Å². The molecule has 6 heteroatoms. The molecule has 27 heavy (non-hydrogen) atoms. The van der Waals surface area contributed by atoms with Crippen LogP contribution in [-0.4, -0.2) is 31.6 Å². The van der Waals surface area contributed by atoms with Gasteiger partial charge in [0, 0.05) is 30.8 Å². The molecule has 0 aromatic carbocycles. The zero-order valence-corrected chi connectivity index (χ0v) is 16.8. The lowest BCUT2D eigenvalue weighted by Crippen LogP contribution is -2.25. The summed E-state index contributed by atoms with van der Waals surface area (Å²) in [6.07, 6.45) is 3.67. The van der Waals surface area contributed by atoms with Gasteiger partial charge >= 0.3 is 0 Å². The highest BCUT2D eigenvalue weighted by molar-refractivity contribution is 7.80. The molecule has 0 unspecified atom stereocenters. The van der Waals surface area contributed by atoms with E-state index in [1.165, 1.54) is 11.3 Å². The van der Waals surface area contributed by atoms with E-state index in [9.17, 15) is 0 Å². The molecule has 2 atom stereocenters. The van der Waals surface area contributed by atoms with Gasteiger partial charge in [-0.25, -0.2) is 4.98 Å². The van der Waals surface area contributed by atoms with E-state index in [1.54, 1.807) is 0 Å². The topological polar surface area (TPSA) is 46.0 Å². The molecule has 0 amide bonds. The molecular weight excluding hydrogens is 354 g/mol. The predicted octanol–water partition coefficient (Wildman–Crippen LogP) is 3.79. The lowest BCUT2D eigenvalue weighted by molar-refractivity contribution is 0.367. The molecule has 5 nitrogen and oxygen atoms in total. The summed E-state index contributed by atoms with van der Waals surface area (Å²) < 4.78 is 2.23. The van der Waals surface area contributed by atoms with E-state index in [-0.39, 0.29) is 12.1 Å². The monoisotopic (exact) mass is 377 g/mol. The number of nitrogens with one attached hydrogen (secondary N) is 1. The van der Waals surface area contributed by atoms with Crippen molar-refractivity contribution in [3.63, 3.8) is 0 Å². The van der Waals surface area contributed by atoms with Crippen LogP contribution < -0.4 is 5.32 Å². The number of hydrogen-bond acceptors (Lipinski definition) is 3. The van der Waals surface area contributed by atoms with Gasteiger partial charge in [-0.2, -0.15) is 0 Å². The first kappa shape index (κ1) is 17.7. The van der Waals surface area contributed by atoms with E-state index >= 15 is 0 Å². The van der Waals surface area contributed by atoms with Crippen LogP contribution in [0, 0.1) is 20.8 Å². The molecular formula is C21H23N5S. The number of aryl methyl sites for hydroxylation is 2. The largest absolute Gasteiger partial charge is 0.352 e. The number of hydrogen-bond donors (Lipinski definition) is 1. The van der Waals surface area contributed by atoms with Gasteiger partial charge in [0.05, 0.1) is 17.8 Å². The van der Waals surface area contributed by atoms with Crippen molar-refractivity contribution in [2.45, 2.75) is 32.9 Å². The van der Waals surface area contributed by atoms with Crippen LogP contribution in [0.1, 0.15) is 40.3 Å². The first-order valence-electron chi connectivity index (χ1n) is 9.04. The van der Waals surface area contributed by atoms with Gasteiger partial charge in [0.15, 0.2) is 5.11 Å². The number of likely N-dealkylation sites (N-methyl/N-ethyl adjacent to an activating group) is 1. The van der Waals surface area contributed by atoms with Crippen molar-refractivity contribution < 1.29 is 0 Å². The van der Waals surface area contributed by atoms with Crippen molar-refractivity contribution in [1.82, 2.24) is 24.8 Å². The molecule has 0 aliphatic carbocycles. The van der Waals surface area contributed by atoms with Crippen molar-refractivity contribution >= 4 is 17.3 Å². The van der Waals surface area contributed by atoms with Crippen LogP contribution in [0.25, 0.3) is 5.82 Å². The lowest BCUT2D eigenvalue weighted by atomic mass is 9.97. The molecule has 1 N–H and O–H groups in total. The van der Waals surface area contributed by atoms with Gasteiger partial charge in [-0.1, -0.05) is 12.1 Å². The van der Waals surface area contributed by atoms with Crippen LogP contribution in [-0.2, 0) is 0 Å². The van der Waals surface area contributed by atoms with Crippen molar-refractivity contribution in [3.05, 3.63) is 77.0 Å². The van der Waals surface area contributed by atoms with Gasteiger partial charge in [-0.15, -0.1) is 0 Å². The summed E-state index contributed by atoms with van der Waals surface area (Å²) in [6.45, 7) is 6.37. The second kappa shape index (κ2) is 6.78. The summed E-state index contributed by atoms with van der Waals surface area (Å²) in [6, 6.07) is 12.4. The van der Waals surface area contributed by atoms with Gasteiger partial charge in [0.2, 0.25) is 0 Å². The zero-order chi connectivity index (χ0) is 19.1. The maximum absolute atomic E-state index is 5.56. The Bertz CT molecular complexity index is 995. The average molecular weight is 378 g/mol. The molecule has 4 rings (SSSR count). The van der Waals surface area contributed by atoms with E-state index in [2.05, 4.69) is 63.7 Å². The summed E-state index contributed by atoms with van der Waals surface area (Å²) in [5.74, 6) is 0.976. The fourth-order valence-electron chi connectivity index (χ4n) is 3.97. The number of rotatable bonds is 3. The molecule has 1 aliphatic heterocycles. The van der Waals surface area contributed by atoms with Gasteiger partial charge in [0.1, 0.15) is 5.82 Å². The third kappa shape index (κ3) is 2.90. The molecule has 0 spiro atoms. The third-order valence-electron chi connectivity index (χ3n) is 5.32. The fourth-order valence-corrected chi connectivity index (χ4v) is 4.21. The second-order valence-corrected chi connectivity index (χ2v) is 7.43. The van der Waals surface area contributed by atoms with Crippen LogP contribution in [0.5, 0.6) is 0 Å². The molecule has 0 bridgehead atoms. The van der Waals surface area contributed by atoms with Crippen molar-refractivity contribution in [3.8, 4) is 5.82 Å². The zero-order valence-electron chi connectivity index (χ0n) is 16.0. The van der Waals surface area contributed by atoms with E-state index in [0.717, 1.165) is 27.9 Å². The summed E-state index contributed by atoms with van der Waals surface area (Å²) in [5, 5.41) is 4.19. The average Bonchev–Trinajstić information content (AvgIpc) is 3.12. The van der Waals surface area contributed by atoms with Crippen LogP contribution >= 0.6 is 12.2 Å². The normalized spacial score (nSPS) is 19.4. The highest BCUT2D eigenvalue weighted by atomic mass is 32.1. The second-order valence-electron chi connectivity index (χ2n) is 7.04. The smallest absolute Gasteiger partial charge is 0.169 e. The molecule has 1 saturated heterocycles. The minimum atomic E-state index is 0.0162. The summed E-state index contributed by atoms with van der Waals surface area (Å²) >= 11 is 5.56. The van der Waals surface area contributed by atoms with Crippen LogP contribution in [0.15, 0.2) is 48.8 Å².